The monoisotopic (exact) mass is 447 g/mol. The second-order valence-electron chi connectivity index (χ2n) is 5.61. The number of pyridine rings is 2. The fraction of sp³-hybridized carbons (Fsp3) is 0.211. The molecular formula is C19H18IN3O2. The van der Waals surface area contributed by atoms with Gasteiger partial charge in [-0.15, -0.1) is 0 Å². The van der Waals surface area contributed by atoms with Crippen LogP contribution in [0.1, 0.15) is 29.4 Å². The lowest BCUT2D eigenvalue weighted by Crippen LogP contribution is -2.10. The molecule has 3 aromatic rings. The van der Waals surface area contributed by atoms with E-state index in [4.69, 9.17) is 4.74 Å². The zero-order valence-electron chi connectivity index (χ0n) is 14.0. The van der Waals surface area contributed by atoms with Gasteiger partial charge in [-0.25, -0.2) is 14.8 Å². The Bertz CT molecular complexity index is 928. The molecule has 0 spiro atoms. The summed E-state index contributed by atoms with van der Waals surface area (Å²) < 4.78 is 6.37. The third-order valence-corrected chi connectivity index (χ3v) is 4.60. The Labute approximate surface area is 160 Å². The summed E-state index contributed by atoms with van der Waals surface area (Å²) in [5, 5.41) is 4.16. The molecule has 0 amide bonds. The van der Waals surface area contributed by atoms with E-state index in [2.05, 4.69) is 37.9 Å². The van der Waals surface area contributed by atoms with Gasteiger partial charge in [0.2, 0.25) is 0 Å². The Morgan fingerprint density at radius 1 is 1.24 bits per heavy atom. The van der Waals surface area contributed by atoms with Crippen LogP contribution in [0.5, 0.6) is 0 Å². The molecule has 3 rings (SSSR count). The van der Waals surface area contributed by atoms with Crippen LogP contribution in [0.2, 0.25) is 0 Å². The summed E-state index contributed by atoms with van der Waals surface area (Å²) in [5.74, 6) is -0.384. The van der Waals surface area contributed by atoms with E-state index in [9.17, 15) is 4.79 Å². The molecule has 0 bridgehead atoms. The molecule has 0 aliphatic heterocycles. The number of anilines is 2. The molecule has 0 aliphatic rings. The van der Waals surface area contributed by atoms with E-state index in [0.29, 0.717) is 23.5 Å². The number of aryl methyl sites for hydroxylation is 1. The van der Waals surface area contributed by atoms with Gasteiger partial charge in [-0.05, 0) is 60.2 Å². The van der Waals surface area contributed by atoms with E-state index in [0.717, 1.165) is 26.8 Å². The van der Waals surface area contributed by atoms with Gasteiger partial charge in [-0.3, -0.25) is 0 Å². The molecule has 0 aliphatic carbocycles. The van der Waals surface area contributed by atoms with Crippen molar-refractivity contribution in [3.8, 4) is 0 Å². The number of para-hydroxylation sites is 1. The Kier molecular flexibility index (Phi) is 5.47. The number of carbonyl (C=O) groups excluding carboxylic acids is 1. The number of hydrogen-bond donors (Lipinski definition) is 1. The fourth-order valence-corrected chi connectivity index (χ4v) is 2.95. The summed E-state index contributed by atoms with van der Waals surface area (Å²) in [7, 11) is 0. The summed E-state index contributed by atoms with van der Waals surface area (Å²) in [5.41, 5.74) is 3.47. The molecule has 0 saturated heterocycles. The minimum atomic E-state index is -0.384. The van der Waals surface area contributed by atoms with Crippen LogP contribution in [0.25, 0.3) is 11.0 Å². The third-order valence-electron chi connectivity index (χ3n) is 3.66. The highest BCUT2D eigenvalue weighted by molar-refractivity contribution is 14.1. The van der Waals surface area contributed by atoms with Crippen molar-refractivity contribution in [2.75, 3.05) is 11.9 Å². The third kappa shape index (κ3) is 3.89. The Balaban J connectivity index is 2.13. The molecule has 0 fully saturated rings. The van der Waals surface area contributed by atoms with E-state index in [1.54, 1.807) is 0 Å². The van der Waals surface area contributed by atoms with Gasteiger partial charge in [0.15, 0.2) is 5.65 Å². The number of esters is 1. The molecule has 6 heteroatoms. The number of carbonyl (C=O) groups is 1. The van der Waals surface area contributed by atoms with Gasteiger partial charge in [0.1, 0.15) is 5.56 Å². The maximum absolute atomic E-state index is 12.5. The SMILES string of the molecule is CCCOC(=O)c1cnc2nc(C)ccc2c1Nc1ccccc1I. The van der Waals surface area contributed by atoms with Gasteiger partial charge in [-0.1, -0.05) is 19.1 Å². The fourth-order valence-electron chi connectivity index (χ4n) is 2.43. The van der Waals surface area contributed by atoms with E-state index in [1.807, 2.05) is 50.2 Å². The topological polar surface area (TPSA) is 64.1 Å². The minimum Gasteiger partial charge on any atom is -0.462 e. The highest BCUT2D eigenvalue weighted by Crippen LogP contribution is 2.31. The number of nitrogens with zero attached hydrogens (tertiary/aromatic N) is 2. The van der Waals surface area contributed by atoms with E-state index >= 15 is 0 Å². The van der Waals surface area contributed by atoms with Crippen LogP contribution in [0.15, 0.2) is 42.6 Å². The van der Waals surface area contributed by atoms with Crippen molar-refractivity contribution in [2.45, 2.75) is 20.3 Å². The molecule has 0 atom stereocenters. The Hall–Kier alpha value is -2.22. The number of benzene rings is 1. The highest BCUT2D eigenvalue weighted by Gasteiger charge is 2.18. The first kappa shape index (κ1) is 17.6. The Morgan fingerprint density at radius 2 is 2.04 bits per heavy atom. The van der Waals surface area contributed by atoms with Crippen LogP contribution < -0.4 is 5.32 Å². The number of rotatable bonds is 5. The molecule has 25 heavy (non-hydrogen) atoms. The van der Waals surface area contributed by atoms with Crippen molar-refractivity contribution in [2.24, 2.45) is 0 Å². The summed E-state index contributed by atoms with van der Waals surface area (Å²) >= 11 is 2.26. The van der Waals surface area contributed by atoms with Gasteiger partial charge in [0.25, 0.3) is 0 Å². The lowest BCUT2D eigenvalue weighted by molar-refractivity contribution is 0.0506. The zero-order chi connectivity index (χ0) is 17.8. The zero-order valence-corrected chi connectivity index (χ0v) is 16.2. The maximum Gasteiger partial charge on any atom is 0.341 e. The smallest absolute Gasteiger partial charge is 0.341 e. The van der Waals surface area contributed by atoms with Gasteiger partial charge in [0.05, 0.1) is 18.0 Å². The predicted octanol–water partition coefficient (Wildman–Crippen LogP) is 4.85. The quantitative estimate of drug-likeness (QED) is 0.448. The molecule has 5 nitrogen and oxygen atoms in total. The van der Waals surface area contributed by atoms with Crippen LogP contribution in [0.4, 0.5) is 11.4 Å². The highest BCUT2D eigenvalue weighted by atomic mass is 127. The molecule has 1 aromatic carbocycles. The number of ether oxygens (including phenoxy) is 1. The second kappa shape index (κ2) is 7.77. The van der Waals surface area contributed by atoms with Crippen LogP contribution in [0.3, 0.4) is 0 Å². The van der Waals surface area contributed by atoms with Gasteiger partial charge >= 0.3 is 5.97 Å². The van der Waals surface area contributed by atoms with E-state index in [-0.39, 0.29) is 5.97 Å². The van der Waals surface area contributed by atoms with Crippen molar-refractivity contribution >= 4 is 51.0 Å². The molecule has 2 aromatic heterocycles. The summed E-state index contributed by atoms with van der Waals surface area (Å²) in [6.45, 7) is 4.26. The van der Waals surface area contributed by atoms with Crippen LogP contribution >= 0.6 is 22.6 Å². The van der Waals surface area contributed by atoms with Crippen LogP contribution in [-0.2, 0) is 4.74 Å². The number of hydrogen-bond acceptors (Lipinski definition) is 5. The average Bonchev–Trinajstić information content (AvgIpc) is 2.61. The number of aromatic nitrogens is 2. The Morgan fingerprint density at radius 3 is 2.80 bits per heavy atom. The first-order chi connectivity index (χ1) is 12.1. The summed E-state index contributed by atoms with van der Waals surface area (Å²) in [6.07, 6.45) is 2.30. The predicted molar refractivity (Wildman–Crippen MR) is 107 cm³/mol. The summed E-state index contributed by atoms with van der Waals surface area (Å²) in [4.78, 5) is 21.3. The van der Waals surface area contributed by atoms with E-state index in [1.165, 1.54) is 6.20 Å². The molecule has 0 radical (unpaired) electrons. The van der Waals surface area contributed by atoms with Crippen molar-refractivity contribution in [1.29, 1.82) is 0 Å². The van der Waals surface area contributed by atoms with Gasteiger partial charge < -0.3 is 10.1 Å². The number of nitrogens with one attached hydrogen (secondary N) is 1. The lowest BCUT2D eigenvalue weighted by atomic mass is 10.1. The first-order valence-electron chi connectivity index (χ1n) is 8.05. The van der Waals surface area contributed by atoms with Gasteiger partial charge in [0, 0.05) is 20.8 Å². The molecule has 128 valence electrons. The summed E-state index contributed by atoms with van der Waals surface area (Å²) in [6, 6.07) is 11.7. The largest absolute Gasteiger partial charge is 0.462 e. The van der Waals surface area contributed by atoms with Crippen molar-refractivity contribution in [3.05, 3.63) is 57.4 Å². The van der Waals surface area contributed by atoms with Crippen molar-refractivity contribution in [1.82, 2.24) is 9.97 Å². The standard InChI is InChI=1S/C19H18IN3O2/c1-3-10-25-19(24)14-11-21-18-13(9-8-12(2)22-18)17(14)23-16-7-5-4-6-15(16)20/h4-9,11H,3,10H2,1-2H3,(H,21,22,23). The average molecular weight is 447 g/mol. The number of fused-ring (bicyclic) bond motifs is 1. The molecule has 2 heterocycles. The van der Waals surface area contributed by atoms with Crippen molar-refractivity contribution in [3.63, 3.8) is 0 Å². The molecular weight excluding hydrogens is 429 g/mol. The number of halogens is 1. The van der Waals surface area contributed by atoms with E-state index < -0.39 is 0 Å². The molecule has 0 unspecified atom stereocenters. The molecule has 0 saturated carbocycles. The first-order valence-corrected chi connectivity index (χ1v) is 9.13. The van der Waals surface area contributed by atoms with Crippen LogP contribution in [0, 0.1) is 10.5 Å². The lowest BCUT2D eigenvalue weighted by Gasteiger charge is -2.15. The van der Waals surface area contributed by atoms with Crippen molar-refractivity contribution < 1.29 is 9.53 Å². The minimum absolute atomic E-state index is 0.380. The van der Waals surface area contributed by atoms with Crippen LogP contribution in [-0.4, -0.2) is 22.5 Å². The second-order valence-corrected chi connectivity index (χ2v) is 6.77. The maximum atomic E-state index is 12.5. The van der Waals surface area contributed by atoms with Gasteiger partial charge in [-0.2, -0.15) is 0 Å². The normalized spacial score (nSPS) is 10.7. The molecule has 1 N–H and O–H groups in total.